The monoisotopic (exact) mass is 225 g/mol. The Kier molecular flexibility index (Phi) is 4.98. The minimum atomic E-state index is -0.474. The van der Waals surface area contributed by atoms with E-state index in [0.29, 0.717) is 12.1 Å². The second-order valence-electron chi connectivity index (χ2n) is 3.78. The summed E-state index contributed by atoms with van der Waals surface area (Å²) in [6.45, 7) is 4.26. The van der Waals surface area contributed by atoms with E-state index in [1.807, 2.05) is 13.8 Å². The van der Waals surface area contributed by atoms with Crippen molar-refractivity contribution in [3.05, 3.63) is 17.5 Å². The summed E-state index contributed by atoms with van der Waals surface area (Å²) < 4.78 is 0. The Morgan fingerprint density at radius 2 is 2.38 bits per heavy atom. The van der Waals surface area contributed by atoms with E-state index in [2.05, 4.69) is 15.5 Å². The summed E-state index contributed by atoms with van der Waals surface area (Å²) in [5.74, 6) is -0.244. The van der Waals surface area contributed by atoms with Gasteiger partial charge in [-0.3, -0.25) is 9.89 Å². The maximum absolute atomic E-state index is 11.6. The van der Waals surface area contributed by atoms with E-state index >= 15 is 0 Å². The molecule has 1 atom stereocenters. The highest BCUT2D eigenvalue weighted by molar-refractivity contribution is 5.92. The van der Waals surface area contributed by atoms with Gasteiger partial charge in [0, 0.05) is 12.2 Å². The highest BCUT2D eigenvalue weighted by Gasteiger charge is 2.11. The molecule has 90 valence electrons. The van der Waals surface area contributed by atoms with E-state index in [1.165, 1.54) is 0 Å². The van der Waals surface area contributed by atoms with Gasteiger partial charge in [-0.1, -0.05) is 20.3 Å². The van der Waals surface area contributed by atoms with E-state index in [1.54, 1.807) is 6.07 Å². The lowest BCUT2D eigenvalue weighted by Crippen LogP contribution is -2.32. The number of hydrogen-bond donors (Lipinski definition) is 3. The zero-order chi connectivity index (χ0) is 12.0. The normalized spacial score (nSPS) is 12.4. The van der Waals surface area contributed by atoms with Gasteiger partial charge in [-0.15, -0.1) is 0 Å². The molecular formula is C11H19N3O2. The predicted molar refractivity (Wildman–Crippen MR) is 61.2 cm³/mol. The molecule has 5 heteroatoms. The Balaban J connectivity index is 2.40. The molecule has 3 N–H and O–H groups in total. The van der Waals surface area contributed by atoms with Crippen LogP contribution < -0.4 is 5.32 Å². The number of aliphatic hydroxyl groups is 1. The molecule has 16 heavy (non-hydrogen) atoms. The Bertz CT molecular complexity index is 336. The van der Waals surface area contributed by atoms with Gasteiger partial charge < -0.3 is 10.4 Å². The molecule has 1 aromatic rings. The zero-order valence-electron chi connectivity index (χ0n) is 9.79. The largest absolute Gasteiger partial charge is 0.391 e. The fourth-order valence-electron chi connectivity index (χ4n) is 1.40. The van der Waals surface area contributed by atoms with Crippen LogP contribution in [0.5, 0.6) is 0 Å². The van der Waals surface area contributed by atoms with Crippen LogP contribution >= 0.6 is 0 Å². The average molecular weight is 225 g/mol. The molecular weight excluding hydrogens is 206 g/mol. The Hall–Kier alpha value is -1.36. The topological polar surface area (TPSA) is 78.0 Å². The molecule has 1 amide bonds. The number of aromatic amines is 1. The molecule has 0 saturated carbocycles. The van der Waals surface area contributed by atoms with Crippen molar-refractivity contribution in [1.82, 2.24) is 15.5 Å². The number of aromatic nitrogens is 2. The van der Waals surface area contributed by atoms with Gasteiger partial charge in [0.25, 0.3) is 5.91 Å². The molecule has 0 spiro atoms. The number of hydrogen-bond acceptors (Lipinski definition) is 3. The van der Waals surface area contributed by atoms with Crippen LogP contribution in [0.15, 0.2) is 6.07 Å². The third kappa shape index (κ3) is 3.66. The Labute approximate surface area is 95.3 Å². The maximum Gasteiger partial charge on any atom is 0.271 e. The van der Waals surface area contributed by atoms with Gasteiger partial charge in [0.2, 0.25) is 0 Å². The first-order valence-corrected chi connectivity index (χ1v) is 5.67. The quantitative estimate of drug-likeness (QED) is 0.672. The molecule has 1 unspecified atom stereocenters. The van der Waals surface area contributed by atoms with Crippen LogP contribution in [0.4, 0.5) is 0 Å². The number of H-pyrrole nitrogens is 1. The van der Waals surface area contributed by atoms with E-state index in [0.717, 1.165) is 18.5 Å². The molecule has 1 aromatic heterocycles. The highest BCUT2D eigenvalue weighted by atomic mass is 16.3. The smallest absolute Gasteiger partial charge is 0.271 e. The predicted octanol–water partition coefficient (Wildman–Crippen LogP) is 0.863. The zero-order valence-corrected chi connectivity index (χ0v) is 9.79. The molecule has 0 aromatic carbocycles. The first-order valence-electron chi connectivity index (χ1n) is 5.67. The fraction of sp³-hybridized carbons (Fsp3) is 0.636. The standard InChI is InChI=1S/C11H19N3O2/c1-3-5-9(15)7-12-11(16)10-6-8(4-2)13-14-10/h6,9,15H,3-5,7H2,1-2H3,(H,12,16)(H,13,14). The number of nitrogens with one attached hydrogen (secondary N) is 2. The lowest BCUT2D eigenvalue weighted by molar-refractivity contribution is 0.0905. The molecule has 0 aliphatic carbocycles. The van der Waals surface area contributed by atoms with Gasteiger partial charge >= 0.3 is 0 Å². The van der Waals surface area contributed by atoms with Crippen LogP contribution in [0.1, 0.15) is 42.9 Å². The minimum absolute atomic E-state index is 0.244. The molecule has 1 rings (SSSR count). The van der Waals surface area contributed by atoms with Crippen molar-refractivity contribution in [3.63, 3.8) is 0 Å². The number of carbonyl (C=O) groups excluding carboxylic acids is 1. The molecule has 0 fully saturated rings. The van der Waals surface area contributed by atoms with Gasteiger partial charge in [-0.25, -0.2) is 0 Å². The number of aliphatic hydroxyl groups excluding tert-OH is 1. The van der Waals surface area contributed by atoms with Gasteiger partial charge in [0.1, 0.15) is 5.69 Å². The molecule has 0 aliphatic rings. The van der Waals surface area contributed by atoms with Crippen molar-refractivity contribution >= 4 is 5.91 Å². The lowest BCUT2D eigenvalue weighted by atomic mass is 10.2. The second kappa shape index (κ2) is 6.27. The summed E-state index contributed by atoms with van der Waals surface area (Å²) in [4.78, 5) is 11.6. The van der Waals surface area contributed by atoms with Gasteiger partial charge in [0.05, 0.1) is 6.10 Å². The summed E-state index contributed by atoms with van der Waals surface area (Å²) in [5, 5.41) is 18.8. The van der Waals surface area contributed by atoms with Gasteiger partial charge in [-0.05, 0) is 18.9 Å². The minimum Gasteiger partial charge on any atom is -0.391 e. The van der Waals surface area contributed by atoms with Crippen LogP contribution in [-0.4, -0.2) is 33.9 Å². The second-order valence-corrected chi connectivity index (χ2v) is 3.78. The van der Waals surface area contributed by atoms with Crippen LogP contribution in [0.2, 0.25) is 0 Å². The van der Waals surface area contributed by atoms with Crippen molar-refractivity contribution in [3.8, 4) is 0 Å². The average Bonchev–Trinajstić information content (AvgIpc) is 2.75. The van der Waals surface area contributed by atoms with Crippen molar-refractivity contribution in [2.75, 3.05) is 6.54 Å². The van der Waals surface area contributed by atoms with Crippen molar-refractivity contribution in [2.24, 2.45) is 0 Å². The molecule has 5 nitrogen and oxygen atoms in total. The number of aryl methyl sites for hydroxylation is 1. The van der Waals surface area contributed by atoms with Gasteiger partial charge in [0.15, 0.2) is 0 Å². The Morgan fingerprint density at radius 3 is 2.94 bits per heavy atom. The number of nitrogens with zero attached hydrogens (tertiary/aromatic N) is 1. The highest BCUT2D eigenvalue weighted by Crippen LogP contribution is 2.00. The lowest BCUT2D eigenvalue weighted by Gasteiger charge is -2.09. The van der Waals surface area contributed by atoms with Gasteiger partial charge in [-0.2, -0.15) is 5.10 Å². The van der Waals surface area contributed by atoms with Crippen molar-refractivity contribution in [2.45, 2.75) is 39.2 Å². The van der Waals surface area contributed by atoms with Crippen LogP contribution in [-0.2, 0) is 6.42 Å². The molecule has 0 bridgehead atoms. The SMILES string of the molecule is CCCC(O)CNC(=O)c1cc(CC)[nH]n1. The van der Waals surface area contributed by atoms with Crippen LogP contribution in [0, 0.1) is 0 Å². The summed E-state index contributed by atoms with van der Waals surface area (Å²) in [7, 11) is 0. The summed E-state index contributed by atoms with van der Waals surface area (Å²) >= 11 is 0. The Morgan fingerprint density at radius 1 is 1.62 bits per heavy atom. The third-order valence-electron chi connectivity index (χ3n) is 2.36. The van der Waals surface area contributed by atoms with E-state index < -0.39 is 6.10 Å². The summed E-state index contributed by atoms with van der Waals surface area (Å²) in [5.41, 5.74) is 1.31. The number of amides is 1. The number of carbonyl (C=O) groups is 1. The first-order chi connectivity index (χ1) is 7.67. The summed E-state index contributed by atoms with van der Waals surface area (Å²) in [6.07, 6.45) is 1.94. The van der Waals surface area contributed by atoms with E-state index in [-0.39, 0.29) is 12.5 Å². The third-order valence-corrected chi connectivity index (χ3v) is 2.36. The van der Waals surface area contributed by atoms with Crippen LogP contribution in [0.3, 0.4) is 0 Å². The molecule has 1 heterocycles. The number of rotatable bonds is 6. The van der Waals surface area contributed by atoms with Crippen molar-refractivity contribution in [1.29, 1.82) is 0 Å². The fourth-order valence-corrected chi connectivity index (χ4v) is 1.40. The molecule has 0 saturated heterocycles. The van der Waals surface area contributed by atoms with E-state index in [4.69, 9.17) is 0 Å². The first kappa shape index (κ1) is 12.7. The van der Waals surface area contributed by atoms with Crippen molar-refractivity contribution < 1.29 is 9.90 Å². The van der Waals surface area contributed by atoms with Crippen LogP contribution in [0.25, 0.3) is 0 Å². The van der Waals surface area contributed by atoms with E-state index in [9.17, 15) is 9.90 Å². The summed E-state index contributed by atoms with van der Waals surface area (Å²) in [6, 6.07) is 1.72. The molecule has 0 radical (unpaired) electrons. The molecule has 0 aliphatic heterocycles. The maximum atomic E-state index is 11.6.